The molecule has 0 saturated heterocycles. The van der Waals surface area contributed by atoms with E-state index >= 15 is 0 Å². The van der Waals surface area contributed by atoms with E-state index in [1.165, 1.54) is 17.2 Å². The minimum atomic E-state index is -0.879. The molecule has 2 N–H and O–H groups in total. The zero-order chi connectivity index (χ0) is 23.9. The highest BCUT2D eigenvalue weighted by Gasteiger charge is 2.34. The van der Waals surface area contributed by atoms with E-state index < -0.39 is 17.9 Å². The summed E-state index contributed by atoms with van der Waals surface area (Å²) in [5, 5.41) is 5.77. The van der Waals surface area contributed by atoms with Gasteiger partial charge in [0.2, 0.25) is 11.8 Å². The summed E-state index contributed by atoms with van der Waals surface area (Å²) in [6, 6.07) is 19.1. The lowest BCUT2D eigenvalue weighted by Gasteiger charge is -2.33. The Hall–Kier alpha value is -3.87. The molecule has 1 fully saturated rings. The Labute approximate surface area is 199 Å². The Morgan fingerprint density at radius 3 is 2.35 bits per heavy atom. The highest BCUT2D eigenvalue weighted by molar-refractivity contribution is 6.04. The van der Waals surface area contributed by atoms with Crippen LogP contribution in [-0.4, -0.2) is 30.3 Å². The number of furan rings is 1. The van der Waals surface area contributed by atoms with Gasteiger partial charge in [0.1, 0.15) is 6.04 Å². The Bertz CT molecular complexity index is 1120. The van der Waals surface area contributed by atoms with E-state index in [0.717, 1.165) is 31.2 Å². The van der Waals surface area contributed by atoms with Crippen molar-refractivity contribution in [2.45, 2.75) is 44.7 Å². The van der Waals surface area contributed by atoms with Crippen molar-refractivity contribution in [3.8, 4) is 0 Å². The number of nitrogens with one attached hydrogen (secondary N) is 2. The third kappa shape index (κ3) is 5.36. The molecular weight excluding hydrogens is 430 g/mol. The maximum atomic E-state index is 13.6. The Morgan fingerprint density at radius 2 is 1.68 bits per heavy atom. The first-order chi connectivity index (χ1) is 16.5. The largest absolute Gasteiger partial charge is 0.459 e. The second-order valence-electron chi connectivity index (χ2n) is 8.51. The van der Waals surface area contributed by atoms with Crippen molar-refractivity contribution >= 4 is 23.4 Å². The van der Waals surface area contributed by atoms with E-state index in [9.17, 15) is 14.4 Å². The molecule has 7 nitrogen and oxygen atoms in total. The van der Waals surface area contributed by atoms with Gasteiger partial charge >= 0.3 is 0 Å². The zero-order valence-corrected chi connectivity index (χ0v) is 19.2. The molecule has 3 aromatic rings. The van der Waals surface area contributed by atoms with Crippen LogP contribution in [0.5, 0.6) is 0 Å². The smallest absolute Gasteiger partial charge is 0.287 e. The van der Waals surface area contributed by atoms with E-state index in [2.05, 4.69) is 10.6 Å². The standard InChI is InChI=1S/C27H29N3O4/c1-19-10-5-8-15-22(19)30(24(31)18-28-26(32)23-16-9-17-34-23)25(20-11-3-2-4-12-20)27(33)29-21-13-6-7-14-21/h2-5,8-12,15-17,21,25H,6-7,13-14,18H2,1H3,(H,28,32)(H,29,33)/t25-/m0/s1. The van der Waals surface area contributed by atoms with Gasteiger partial charge in [0.15, 0.2) is 5.76 Å². The number of carbonyl (C=O) groups is 3. The molecule has 3 amide bonds. The molecule has 1 heterocycles. The van der Waals surface area contributed by atoms with Crippen LogP contribution >= 0.6 is 0 Å². The predicted octanol–water partition coefficient (Wildman–Crippen LogP) is 4.15. The van der Waals surface area contributed by atoms with Crippen molar-refractivity contribution in [2.75, 3.05) is 11.4 Å². The predicted molar refractivity (Wildman–Crippen MR) is 129 cm³/mol. The molecule has 1 saturated carbocycles. The average molecular weight is 460 g/mol. The third-order valence-electron chi connectivity index (χ3n) is 6.11. The van der Waals surface area contributed by atoms with Crippen molar-refractivity contribution < 1.29 is 18.8 Å². The number of para-hydroxylation sites is 1. The summed E-state index contributed by atoms with van der Waals surface area (Å²) in [6.07, 6.45) is 5.44. The van der Waals surface area contributed by atoms with Gasteiger partial charge in [-0.05, 0) is 49.1 Å². The minimum absolute atomic E-state index is 0.103. The summed E-state index contributed by atoms with van der Waals surface area (Å²) in [6.45, 7) is 1.61. The van der Waals surface area contributed by atoms with Gasteiger partial charge in [0.05, 0.1) is 12.8 Å². The Morgan fingerprint density at radius 1 is 0.971 bits per heavy atom. The molecule has 4 rings (SSSR count). The molecule has 1 aliphatic carbocycles. The number of hydrogen-bond donors (Lipinski definition) is 2. The summed E-state index contributed by atoms with van der Waals surface area (Å²) >= 11 is 0. The van der Waals surface area contributed by atoms with Gasteiger partial charge in [0, 0.05) is 11.7 Å². The summed E-state index contributed by atoms with van der Waals surface area (Å²) in [5.74, 6) is -1.000. The van der Waals surface area contributed by atoms with Crippen LogP contribution in [0.3, 0.4) is 0 Å². The normalized spacial score (nSPS) is 14.4. The van der Waals surface area contributed by atoms with Crippen LogP contribution in [0, 0.1) is 6.92 Å². The quantitative estimate of drug-likeness (QED) is 0.529. The van der Waals surface area contributed by atoms with Gasteiger partial charge in [-0.15, -0.1) is 0 Å². The number of rotatable bonds is 8. The van der Waals surface area contributed by atoms with Gasteiger partial charge in [-0.1, -0.05) is 61.4 Å². The molecule has 0 aliphatic heterocycles. The Kier molecular flexibility index (Phi) is 7.42. The molecule has 1 aliphatic rings. The molecule has 0 bridgehead atoms. The van der Waals surface area contributed by atoms with Gasteiger partial charge in [-0.3, -0.25) is 19.3 Å². The van der Waals surface area contributed by atoms with Crippen LogP contribution in [0.15, 0.2) is 77.4 Å². The van der Waals surface area contributed by atoms with Crippen molar-refractivity contribution in [3.63, 3.8) is 0 Å². The third-order valence-corrected chi connectivity index (χ3v) is 6.11. The molecule has 7 heteroatoms. The van der Waals surface area contributed by atoms with E-state index in [-0.39, 0.29) is 24.3 Å². The number of benzene rings is 2. The lowest BCUT2D eigenvalue weighted by atomic mass is 10.0. The van der Waals surface area contributed by atoms with Crippen molar-refractivity contribution in [3.05, 3.63) is 89.9 Å². The number of anilines is 1. The fraction of sp³-hybridized carbons (Fsp3) is 0.296. The summed E-state index contributed by atoms with van der Waals surface area (Å²) in [4.78, 5) is 41.2. The zero-order valence-electron chi connectivity index (χ0n) is 19.2. The van der Waals surface area contributed by atoms with E-state index in [4.69, 9.17) is 4.42 Å². The van der Waals surface area contributed by atoms with Gasteiger partial charge < -0.3 is 15.1 Å². The fourth-order valence-electron chi connectivity index (χ4n) is 4.39. The number of amides is 3. The van der Waals surface area contributed by atoms with Crippen molar-refractivity contribution in [2.24, 2.45) is 0 Å². The molecule has 0 unspecified atom stereocenters. The van der Waals surface area contributed by atoms with Crippen LogP contribution in [0.25, 0.3) is 0 Å². The number of aryl methyl sites for hydroxylation is 1. The second-order valence-corrected chi connectivity index (χ2v) is 8.51. The van der Waals surface area contributed by atoms with E-state index in [1.54, 1.807) is 6.07 Å². The monoisotopic (exact) mass is 459 g/mol. The summed E-state index contributed by atoms with van der Waals surface area (Å²) in [7, 11) is 0. The molecule has 1 atom stereocenters. The van der Waals surface area contributed by atoms with Crippen LogP contribution in [0.2, 0.25) is 0 Å². The van der Waals surface area contributed by atoms with E-state index in [1.807, 2.05) is 61.5 Å². The Balaban J connectivity index is 1.67. The molecular formula is C27H29N3O4. The topological polar surface area (TPSA) is 91.7 Å². The van der Waals surface area contributed by atoms with Crippen LogP contribution in [0.1, 0.15) is 53.4 Å². The maximum Gasteiger partial charge on any atom is 0.287 e. The highest BCUT2D eigenvalue weighted by Crippen LogP contribution is 2.31. The summed E-state index contributed by atoms with van der Waals surface area (Å²) in [5.41, 5.74) is 2.17. The average Bonchev–Trinajstić information content (AvgIpc) is 3.56. The van der Waals surface area contributed by atoms with Crippen LogP contribution in [0.4, 0.5) is 5.69 Å². The first kappa shape index (κ1) is 23.3. The summed E-state index contributed by atoms with van der Waals surface area (Å²) < 4.78 is 5.12. The van der Waals surface area contributed by atoms with Crippen molar-refractivity contribution in [1.82, 2.24) is 10.6 Å². The molecule has 2 aromatic carbocycles. The fourth-order valence-corrected chi connectivity index (χ4v) is 4.39. The highest BCUT2D eigenvalue weighted by atomic mass is 16.3. The van der Waals surface area contributed by atoms with Crippen LogP contribution < -0.4 is 15.5 Å². The van der Waals surface area contributed by atoms with Crippen LogP contribution in [-0.2, 0) is 9.59 Å². The number of nitrogens with zero attached hydrogens (tertiary/aromatic N) is 1. The van der Waals surface area contributed by atoms with Gasteiger partial charge in [-0.2, -0.15) is 0 Å². The van der Waals surface area contributed by atoms with Crippen molar-refractivity contribution in [1.29, 1.82) is 0 Å². The first-order valence-corrected chi connectivity index (χ1v) is 11.6. The second kappa shape index (κ2) is 10.8. The van der Waals surface area contributed by atoms with Gasteiger partial charge in [0.25, 0.3) is 5.91 Å². The molecule has 0 spiro atoms. The minimum Gasteiger partial charge on any atom is -0.459 e. The maximum absolute atomic E-state index is 13.6. The van der Waals surface area contributed by atoms with E-state index in [0.29, 0.717) is 11.3 Å². The molecule has 176 valence electrons. The lowest BCUT2D eigenvalue weighted by Crippen LogP contribution is -2.49. The molecule has 34 heavy (non-hydrogen) atoms. The number of carbonyl (C=O) groups excluding carboxylic acids is 3. The molecule has 1 aromatic heterocycles. The van der Waals surface area contributed by atoms with Gasteiger partial charge in [-0.25, -0.2) is 0 Å². The first-order valence-electron chi connectivity index (χ1n) is 11.6. The SMILES string of the molecule is Cc1ccccc1N(C(=O)CNC(=O)c1ccco1)[C@H](C(=O)NC1CCCC1)c1ccccc1. The molecule has 0 radical (unpaired) electrons. The lowest BCUT2D eigenvalue weighted by molar-refractivity contribution is -0.126. The number of hydrogen-bond acceptors (Lipinski definition) is 4.